The molecule has 0 fully saturated rings. The minimum atomic E-state index is -2.60. The zero-order valence-corrected chi connectivity index (χ0v) is 12.1. The molecule has 8 heteroatoms. The summed E-state index contributed by atoms with van der Waals surface area (Å²) in [5, 5.41) is 0. The Hall–Kier alpha value is -1.96. The molecule has 0 heterocycles. The third-order valence-electron chi connectivity index (χ3n) is 2.34. The quantitative estimate of drug-likeness (QED) is 0.302. The lowest BCUT2D eigenvalue weighted by Gasteiger charge is -2.31. The summed E-state index contributed by atoms with van der Waals surface area (Å²) in [4.78, 5) is 46.4. The van der Waals surface area contributed by atoms with Gasteiger partial charge in [-0.15, -0.1) is 0 Å². The van der Waals surface area contributed by atoms with Crippen molar-refractivity contribution in [1.82, 2.24) is 0 Å². The zero-order chi connectivity index (χ0) is 16.1. The second-order valence-electron chi connectivity index (χ2n) is 5.00. The van der Waals surface area contributed by atoms with Gasteiger partial charge in [0.15, 0.2) is 5.92 Å². The van der Waals surface area contributed by atoms with E-state index >= 15 is 0 Å². The van der Waals surface area contributed by atoms with Crippen LogP contribution in [-0.2, 0) is 33.4 Å². The molecule has 0 saturated heterocycles. The van der Waals surface area contributed by atoms with Gasteiger partial charge < -0.3 is 24.7 Å². The van der Waals surface area contributed by atoms with Crippen LogP contribution in [-0.4, -0.2) is 49.6 Å². The monoisotopic (exact) mass is 289 g/mol. The molecule has 0 aliphatic heterocycles. The van der Waals surface area contributed by atoms with E-state index in [-0.39, 0.29) is 6.29 Å². The first kappa shape index (κ1) is 18.0. The van der Waals surface area contributed by atoms with Crippen molar-refractivity contribution in [2.24, 2.45) is 11.7 Å². The number of hydrogen-bond acceptors (Lipinski definition) is 8. The lowest BCUT2D eigenvalue weighted by Crippen LogP contribution is -2.64. The third-order valence-corrected chi connectivity index (χ3v) is 2.34. The van der Waals surface area contributed by atoms with E-state index in [9.17, 15) is 19.2 Å². The number of rotatable bonds is 5. The summed E-state index contributed by atoms with van der Waals surface area (Å²) in [5.74, 6) is -5.53. The number of ether oxygens (including phenoxy) is 3. The topological polar surface area (TPSA) is 122 Å². The maximum absolute atomic E-state index is 12.1. The smallest absolute Gasteiger partial charge is 0.339 e. The van der Waals surface area contributed by atoms with Gasteiger partial charge in [0.25, 0.3) is 0 Å². The molecular formula is C12H19NO7. The molecular weight excluding hydrogens is 270 g/mol. The molecule has 0 unspecified atom stereocenters. The van der Waals surface area contributed by atoms with E-state index in [0.717, 1.165) is 14.2 Å². The first-order valence-electron chi connectivity index (χ1n) is 5.68. The van der Waals surface area contributed by atoms with E-state index in [1.165, 1.54) is 20.8 Å². The summed E-state index contributed by atoms with van der Waals surface area (Å²) >= 11 is 0. The number of aldehydes is 1. The van der Waals surface area contributed by atoms with Gasteiger partial charge in [0.1, 0.15) is 11.9 Å². The standard InChI is InChI=1S/C12H19NO7/c1-11(2,3)20-10(17)12(13,9(16)19-5)7(6-14)8(15)18-4/h6-7H,13H2,1-5H3/t7-,12+/m1/s1. The van der Waals surface area contributed by atoms with E-state index in [1.54, 1.807) is 0 Å². The van der Waals surface area contributed by atoms with Gasteiger partial charge in [-0.25, -0.2) is 9.59 Å². The fraction of sp³-hybridized carbons (Fsp3) is 0.667. The van der Waals surface area contributed by atoms with Crippen LogP contribution < -0.4 is 5.73 Å². The normalized spacial score (nSPS) is 15.5. The minimum absolute atomic E-state index is 0.0483. The molecule has 114 valence electrons. The van der Waals surface area contributed by atoms with Crippen molar-refractivity contribution in [3.05, 3.63) is 0 Å². The van der Waals surface area contributed by atoms with Gasteiger partial charge in [-0.3, -0.25) is 4.79 Å². The van der Waals surface area contributed by atoms with Crippen LogP contribution in [0.25, 0.3) is 0 Å². The van der Waals surface area contributed by atoms with Crippen LogP contribution in [0.15, 0.2) is 0 Å². The number of nitrogens with two attached hydrogens (primary N) is 1. The molecule has 0 saturated carbocycles. The largest absolute Gasteiger partial charge is 0.468 e. The molecule has 2 atom stereocenters. The Kier molecular flexibility index (Phi) is 5.83. The van der Waals surface area contributed by atoms with Crippen molar-refractivity contribution in [3.63, 3.8) is 0 Å². The van der Waals surface area contributed by atoms with E-state index in [4.69, 9.17) is 10.5 Å². The summed E-state index contributed by atoms with van der Waals surface area (Å²) in [6.45, 7) is 4.62. The van der Waals surface area contributed by atoms with Gasteiger partial charge in [0.2, 0.25) is 5.54 Å². The summed E-state index contributed by atoms with van der Waals surface area (Å²) < 4.78 is 13.7. The number of esters is 3. The number of carbonyl (C=O) groups excluding carboxylic acids is 4. The van der Waals surface area contributed by atoms with Crippen LogP contribution in [0.3, 0.4) is 0 Å². The number of hydrogen-bond donors (Lipinski definition) is 1. The van der Waals surface area contributed by atoms with E-state index < -0.39 is 35.0 Å². The molecule has 0 aromatic rings. The molecule has 0 spiro atoms. The summed E-state index contributed by atoms with van der Waals surface area (Å²) in [5.41, 5.74) is 2.08. The van der Waals surface area contributed by atoms with E-state index in [2.05, 4.69) is 9.47 Å². The number of carbonyl (C=O) groups is 4. The molecule has 0 aliphatic rings. The highest BCUT2D eigenvalue weighted by molar-refractivity contribution is 6.12. The minimum Gasteiger partial charge on any atom is -0.468 e. The van der Waals surface area contributed by atoms with Crippen molar-refractivity contribution >= 4 is 24.2 Å². The molecule has 2 N–H and O–H groups in total. The van der Waals surface area contributed by atoms with Crippen LogP contribution in [0.1, 0.15) is 20.8 Å². The summed E-state index contributed by atoms with van der Waals surface area (Å²) in [6, 6.07) is 0. The van der Waals surface area contributed by atoms with Crippen LogP contribution in [0, 0.1) is 5.92 Å². The molecule has 0 amide bonds. The maximum atomic E-state index is 12.1. The van der Waals surface area contributed by atoms with Gasteiger partial charge in [-0.2, -0.15) is 0 Å². The van der Waals surface area contributed by atoms with E-state index in [0.29, 0.717) is 0 Å². The Morgan fingerprint density at radius 1 is 1.05 bits per heavy atom. The SMILES string of the molecule is COC(=O)[C@@H](C=O)[C@](N)(C(=O)OC)C(=O)OC(C)(C)C. The van der Waals surface area contributed by atoms with Crippen LogP contribution >= 0.6 is 0 Å². The highest BCUT2D eigenvalue weighted by Gasteiger charge is 2.56. The van der Waals surface area contributed by atoms with Crippen molar-refractivity contribution in [3.8, 4) is 0 Å². The molecule has 8 nitrogen and oxygen atoms in total. The zero-order valence-electron chi connectivity index (χ0n) is 12.1. The summed E-state index contributed by atoms with van der Waals surface area (Å²) in [6.07, 6.45) is 0.0483. The Balaban J connectivity index is 5.73. The fourth-order valence-corrected chi connectivity index (χ4v) is 1.34. The van der Waals surface area contributed by atoms with Crippen molar-refractivity contribution in [2.75, 3.05) is 14.2 Å². The Morgan fingerprint density at radius 2 is 1.55 bits per heavy atom. The number of methoxy groups -OCH3 is 2. The summed E-state index contributed by atoms with van der Waals surface area (Å²) in [7, 11) is 1.96. The van der Waals surface area contributed by atoms with Crippen LogP contribution in [0.5, 0.6) is 0 Å². The van der Waals surface area contributed by atoms with E-state index in [1.807, 2.05) is 0 Å². The van der Waals surface area contributed by atoms with Crippen molar-refractivity contribution in [2.45, 2.75) is 31.9 Å². The average molecular weight is 289 g/mol. The van der Waals surface area contributed by atoms with Gasteiger partial charge >= 0.3 is 17.9 Å². The molecule has 0 aromatic heterocycles. The Bertz CT molecular complexity index is 413. The van der Waals surface area contributed by atoms with Crippen molar-refractivity contribution in [1.29, 1.82) is 0 Å². The fourth-order valence-electron chi connectivity index (χ4n) is 1.34. The Labute approximate surface area is 116 Å². The first-order chi connectivity index (χ1) is 9.04. The molecule has 0 bridgehead atoms. The molecule has 0 radical (unpaired) electrons. The molecule has 0 aliphatic carbocycles. The van der Waals surface area contributed by atoms with Crippen molar-refractivity contribution < 1.29 is 33.4 Å². The maximum Gasteiger partial charge on any atom is 0.339 e. The van der Waals surface area contributed by atoms with Crippen LogP contribution in [0.4, 0.5) is 0 Å². The third kappa shape index (κ3) is 3.77. The average Bonchev–Trinajstić information content (AvgIpc) is 2.35. The first-order valence-corrected chi connectivity index (χ1v) is 5.68. The molecule has 20 heavy (non-hydrogen) atoms. The van der Waals surface area contributed by atoms with Gasteiger partial charge in [-0.05, 0) is 20.8 Å². The molecule has 0 rings (SSSR count). The molecule has 0 aromatic carbocycles. The van der Waals surface area contributed by atoms with Gasteiger partial charge in [-0.1, -0.05) is 0 Å². The Morgan fingerprint density at radius 3 is 1.85 bits per heavy atom. The second-order valence-corrected chi connectivity index (χ2v) is 5.00. The lowest BCUT2D eigenvalue weighted by atomic mass is 9.85. The highest BCUT2D eigenvalue weighted by Crippen LogP contribution is 2.22. The lowest BCUT2D eigenvalue weighted by molar-refractivity contribution is -0.178. The predicted molar refractivity (Wildman–Crippen MR) is 66.3 cm³/mol. The van der Waals surface area contributed by atoms with Gasteiger partial charge in [0.05, 0.1) is 14.2 Å². The van der Waals surface area contributed by atoms with Crippen LogP contribution in [0.2, 0.25) is 0 Å². The second kappa shape index (κ2) is 6.47. The van der Waals surface area contributed by atoms with Gasteiger partial charge in [0, 0.05) is 0 Å². The predicted octanol–water partition coefficient (Wildman–Crippen LogP) is -0.813. The highest BCUT2D eigenvalue weighted by atomic mass is 16.6.